The summed E-state index contributed by atoms with van der Waals surface area (Å²) in [5.41, 5.74) is 9.49. The third-order valence-corrected chi connectivity index (χ3v) is 4.38. The smallest absolute Gasteiger partial charge is 0.244 e. The minimum Gasteiger partial charge on any atom is -0.368 e. The van der Waals surface area contributed by atoms with Gasteiger partial charge in [0.1, 0.15) is 6.04 Å². The van der Waals surface area contributed by atoms with Gasteiger partial charge in [0.25, 0.3) is 0 Å². The van der Waals surface area contributed by atoms with Gasteiger partial charge in [-0.25, -0.2) is 0 Å². The van der Waals surface area contributed by atoms with Crippen molar-refractivity contribution in [3.05, 3.63) is 65.7 Å². The van der Waals surface area contributed by atoms with Crippen LogP contribution in [-0.4, -0.2) is 37.0 Å². The molecule has 0 bridgehead atoms. The first kappa shape index (κ1) is 15.6. The van der Waals surface area contributed by atoms with E-state index in [2.05, 4.69) is 36.1 Å². The molecule has 120 valence electrons. The second-order valence-electron chi connectivity index (χ2n) is 6.04. The summed E-state index contributed by atoms with van der Waals surface area (Å²) in [7, 11) is 0. The minimum absolute atomic E-state index is 0.0140. The molecule has 3 rings (SSSR count). The van der Waals surface area contributed by atoms with Crippen molar-refractivity contribution in [2.75, 3.05) is 31.1 Å². The number of nitrogens with two attached hydrogens (primary N) is 1. The molecule has 0 saturated carbocycles. The molecular weight excluding hydrogens is 286 g/mol. The zero-order valence-electron chi connectivity index (χ0n) is 13.5. The van der Waals surface area contributed by atoms with Crippen LogP contribution in [0, 0.1) is 6.92 Å². The second kappa shape index (κ2) is 6.84. The monoisotopic (exact) mass is 309 g/mol. The second-order valence-corrected chi connectivity index (χ2v) is 6.04. The molecule has 2 aromatic carbocycles. The summed E-state index contributed by atoms with van der Waals surface area (Å²) in [5.74, 6) is 0.0140. The topological polar surface area (TPSA) is 49.6 Å². The lowest BCUT2D eigenvalue weighted by Gasteiger charge is -2.37. The highest BCUT2D eigenvalue weighted by molar-refractivity contribution is 5.83. The molecule has 0 spiro atoms. The Bertz CT molecular complexity index is 663. The van der Waals surface area contributed by atoms with E-state index in [-0.39, 0.29) is 5.91 Å². The standard InChI is InChI=1S/C19H23N3O/c1-15-6-5-9-17(14-15)21-10-12-22(13-11-21)19(23)18(20)16-7-3-2-4-8-16/h2-9,14,18H,10-13,20H2,1H3. The van der Waals surface area contributed by atoms with E-state index in [4.69, 9.17) is 5.73 Å². The van der Waals surface area contributed by atoms with Gasteiger partial charge < -0.3 is 15.5 Å². The highest BCUT2D eigenvalue weighted by atomic mass is 16.2. The van der Waals surface area contributed by atoms with Crippen LogP contribution in [0.2, 0.25) is 0 Å². The molecule has 2 N–H and O–H groups in total. The Balaban J connectivity index is 1.61. The third kappa shape index (κ3) is 3.54. The lowest BCUT2D eigenvalue weighted by molar-refractivity contribution is -0.133. The van der Waals surface area contributed by atoms with E-state index < -0.39 is 6.04 Å². The van der Waals surface area contributed by atoms with Crippen molar-refractivity contribution in [1.82, 2.24) is 4.90 Å². The van der Waals surface area contributed by atoms with Crippen LogP contribution in [-0.2, 0) is 4.79 Å². The number of nitrogens with zero attached hydrogens (tertiary/aromatic N) is 2. The van der Waals surface area contributed by atoms with E-state index in [1.165, 1.54) is 11.3 Å². The van der Waals surface area contributed by atoms with Gasteiger partial charge in [-0.05, 0) is 30.2 Å². The van der Waals surface area contributed by atoms with Gasteiger partial charge >= 0.3 is 0 Å². The van der Waals surface area contributed by atoms with E-state index in [1.807, 2.05) is 35.2 Å². The van der Waals surface area contributed by atoms with Crippen molar-refractivity contribution in [3.63, 3.8) is 0 Å². The first-order valence-corrected chi connectivity index (χ1v) is 8.06. The van der Waals surface area contributed by atoms with Crippen LogP contribution in [0.5, 0.6) is 0 Å². The number of carbonyl (C=O) groups excluding carboxylic acids is 1. The molecule has 0 radical (unpaired) electrons. The molecule has 0 aliphatic carbocycles. The molecule has 4 heteroatoms. The maximum Gasteiger partial charge on any atom is 0.244 e. The molecular formula is C19H23N3O. The van der Waals surface area contributed by atoms with E-state index in [1.54, 1.807) is 0 Å². The number of anilines is 1. The van der Waals surface area contributed by atoms with E-state index >= 15 is 0 Å². The fraction of sp³-hybridized carbons (Fsp3) is 0.316. The molecule has 1 aliphatic rings. The van der Waals surface area contributed by atoms with Crippen molar-refractivity contribution in [3.8, 4) is 0 Å². The van der Waals surface area contributed by atoms with Crippen molar-refractivity contribution >= 4 is 11.6 Å². The zero-order chi connectivity index (χ0) is 16.2. The molecule has 1 unspecified atom stereocenters. The highest BCUT2D eigenvalue weighted by Gasteiger charge is 2.26. The first-order chi connectivity index (χ1) is 11.1. The molecule has 1 amide bonds. The maximum atomic E-state index is 12.6. The van der Waals surface area contributed by atoms with E-state index in [9.17, 15) is 4.79 Å². The van der Waals surface area contributed by atoms with Crippen LogP contribution < -0.4 is 10.6 Å². The van der Waals surface area contributed by atoms with Crippen LogP contribution >= 0.6 is 0 Å². The predicted octanol–water partition coefficient (Wildman–Crippen LogP) is 2.34. The van der Waals surface area contributed by atoms with Crippen molar-refractivity contribution < 1.29 is 4.79 Å². The van der Waals surface area contributed by atoms with Gasteiger partial charge in [-0.1, -0.05) is 42.5 Å². The summed E-state index contributed by atoms with van der Waals surface area (Å²) in [6.45, 7) is 5.22. The van der Waals surface area contributed by atoms with Gasteiger partial charge in [-0.3, -0.25) is 4.79 Å². The molecule has 0 aromatic heterocycles. The van der Waals surface area contributed by atoms with Crippen LogP contribution in [0.15, 0.2) is 54.6 Å². The van der Waals surface area contributed by atoms with Gasteiger partial charge in [-0.2, -0.15) is 0 Å². The maximum absolute atomic E-state index is 12.6. The SMILES string of the molecule is Cc1cccc(N2CCN(C(=O)C(N)c3ccccc3)CC2)c1. The average Bonchev–Trinajstić information content (AvgIpc) is 2.61. The van der Waals surface area contributed by atoms with Crippen LogP contribution in [0.4, 0.5) is 5.69 Å². The number of hydrogen-bond donors (Lipinski definition) is 1. The molecule has 1 heterocycles. The molecule has 2 aromatic rings. The molecule has 1 fully saturated rings. The van der Waals surface area contributed by atoms with E-state index in [0.29, 0.717) is 13.1 Å². The van der Waals surface area contributed by atoms with Crippen molar-refractivity contribution in [1.29, 1.82) is 0 Å². The fourth-order valence-electron chi connectivity index (χ4n) is 3.01. The van der Waals surface area contributed by atoms with Crippen LogP contribution in [0.3, 0.4) is 0 Å². The Morgan fingerprint density at radius 2 is 1.70 bits per heavy atom. The summed E-state index contributed by atoms with van der Waals surface area (Å²) in [5, 5.41) is 0. The summed E-state index contributed by atoms with van der Waals surface area (Å²) in [6, 6.07) is 17.5. The average molecular weight is 309 g/mol. The summed E-state index contributed by atoms with van der Waals surface area (Å²) >= 11 is 0. The van der Waals surface area contributed by atoms with Gasteiger partial charge in [-0.15, -0.1) is 0 Å². The Morgan fingerprint density at radius 1 is 1.00 bits per heavy atom. The van der Waals surface area contributed by atoms with Crippen molar-refractivity contribution in [2.45, 2.75) is 13.0 Å². The lowest BCUT2D eigenvalue weighted by atomic mass is 10.1. The van der Waals surface area contributed by atoms with Gasteiger partial charge in [0.05, 0.1) is 0 Å². The molecule has 4 nitrogen and oxygen atoms in total. The Morgan fingerprint density at radius 3 is 2.35 bits per heavy atom. The molecule has 23 heavy (non-hydrogen) atoms. The van der Waals surface area contributed by atoms with Crippen LogP contribution in [0.1, 0.15) is 17.2 Å². The van der Waals surface area contributed by atoms with Gasteiger partial charge in [0.15, 0.2) is 0 Å². The highest BCUT2D eigenvalue weighted by Crippen LogP contribution is 2.19. The number of aryl methyl sites for hydroxylation is 1. The van der Waals surface area contributed by atoms with Crippen LogP contribution in [0.25, 0.3) is 0 Å². The Hall–Kier alpha value is -2.33. The number of rotatable bonds is 3. The minimum atomic E-state index is -0.568. The lowest BCUT2D eigenvalue weighted by Crippen LogP contribution is -2.51. The molecule has 1 saturated heterocycles. The summed E-state index contributed by atoms with van der Waals surface area (Å²) < 4.78 is 0. The largest absolute Gasteiger partial charge is 0.368 e. The summed E-state index contributed by atoms with van der Waals surface area (Å²) in [4.78, 5) is 16.8. The predicted molar refractivity (Wildman–Crippen MR) is 93.3 cm³/mol. The Kier molecular flexibility index (Phi) is 4.63. The number of carbonyl (C=O) groups is 1. The first-order valence-electron chi connectivity index (χ1n) is 8.06. The van der Waals surface area contributed by atoms with Gasteiger partial charge in [0.2, 0.25) is 5.91 Å². The number of piperazine rings is 1. The number of amides is 1. The molecule has 1 atom stereocenters. The number of benzene rings is 2. The quantitative estimate of drug-likeness (QED) is 0.947. The fourth-order valence-corrected chi connectivity index (χ4v) is 3.01. The van der Waals surface area contributed by atoms with Crippen molar-refractivity contribution in [2.24, 2.45) is 5.73 Å². The molecule has 1 aliphatic heterocycles. The van der Waals surface area contributed by atoms with E-state index in [0.717, 1.165) is 18.7 Å². The third-order valence-electron chi connectivity index (χ3n) is 4.38. The Labute approximate surface area is 137 Å². The normalized spacial score (nSPS) is 16.3. The zero-order valence-corrected chi connectivity index (χ0v) is 13.5. The van der Waals surface area contributed by atoms with Gasteiger partial charge in [0, 0.05) is 31.9 Å². The summed E-state index contributed by atoms with van der Waals surface area (Å²) in [6.07, 6.45) is 0. The number of hydrogen-bond acceptors (Lipinski definition) is 3.